The summed E-state index contributed by atoms with van der Waals surface area (Å²) in [6, 6.07) is 13.7. The number of carbonyl (C=O) groups is 1. The van der Waals surface area contributed by atoms with Crippen LogP contribution in [0.3, 0.4) is 0 Å². The number of halogens is 3. The van der Waals surface area contributed by atoms with Crippen LogP contribution in [0.1, 0.15) is 28.0 Å². The van der Waals surface area contributed by atoms with Crippen molar-refractivity contribution in [2.45, 2.75) is 25.7 Å². The Balaban J connectivity index is 1.42. The van der Waals surface area contributed by atoms with Crippen molar-refractivity contribution in [3.63, 3.8) is 0 Å². The van der Waals surface area contributed by atoms with Crippen LogP contribution in [0.2, 0.25) is 0 Å². The first kappa shape index (κ1) is 23.6. The van der Waals surface area contributed by atoms with E-state index < -0.39 is 6.36 Å². The highest BCUT2D eigenvalue weighted by atomic mass is 19.4. The third-order valence-electron chi connectivity index (χ3n) is 5.11. The molecule has 0 aliphatic carbocycles. The molecule has 3 rings (SSSR count). The standard InChI is InChI=1S/C23H27F3N4O2/c1-30(11-2-3-16-4-6-17(15-27)7-5-16)12-10-28-22(31)21-14-18-13-19(32-23(24,25)26)8-9-20(18)29-21/h4-9,13-14,29H,2-3,10-12,15,27H2,1H3,(H,28,31). The Morgan fingerprint density at radius 3 is 2.50 bits per heavy atom. The number of H-pyrrole nitrogens is 1. The average Bonchev–Trinajstić information content (AvgIpc) is 3.16. The fourth-order valence-electron chi connectivity index (χ4n) is 3.39. The number of amides is 1. The summed E-state index contributed by atoms with van der Waals surface area (Å²) in [6.45, 7) is 2.57. The van der Waals surface area contributed by atoms with Crippen LogP contribution in [0.25, 0.3) is 10.9 Å². The van der Waals surface area contributed by atoms with Crippen LogP contribution < -0.4 is 15.8 Å². The number of nitrogens with two attached hydrogens (primary N) is 1. The summed E-state index contributed by atoms with van der Waals surface area (Å²) in [7, 11) is 1.99. The summed E-state index contributed by atoms with van der Waals surface area (Å²) in [6.07, 6.45) is -2.79. The number of likely N-dealkylation sites (N-methyl/N-ethyl adjacent to an activating group) is 1. The van der Waals surface area contributed by atoms with Gasteiger partial charge in [0.05, 0.1) is 0 Å². The molecule has 6 nitrogen and oxygen atoms in total. The minimum atomic E-state index is -4.76. The maximum atomic E-state index is 12.4. The first-order valence-corrected chi connectivity index (χ1v) is 10.4. The monoisotopic (exact) mass is 448 g/mol. The van der Waals surface area contributed by atoms with Gasteiger partial charge in [0.25, 0.3) is 5.91 Å². The molecule has 0 fully saturated rings. The molecule has 2 aromatic carbocycles. The highest BCUT2D eigenvalue weighted by molar-refractivity contribution is 5.98. The first-order chi connectivity index (χ1) is 15.2. The zero-order chi connectivity index (χ0) is 23.1. The molecule has 32 heavy (non-hydrogen) atoms. The zero-order valence-electron chi connectivity index (χ0n) is 17.8. The molecule has 1 amide bonds. The number of rotatable bonds is 10. The molecule has 0 saturated heterocycles. The zero-order valence-corrected chi connectivity index (χ0v) is 17.8. The minimum absolute atomic E-state index is 0.285. The lowest BCUT2D eigenvalue weighted by Gasteiger charge is -2.16. The smallest absolute Gasteiger partial charge is 0.406 e. The van der Waals surface area contributed by atoms with E-state index in [0.29, 0.717) is 30.5 Å². The fourth-order valence-corrected chi connectivity index (χ4v) is 3.39. The molecule has 0 unspecified atom stereocenters. The number of fused-ring (bicyclic) bond motifs is 1. The van der Waals surface area contributed by atoms with E-state index in [-0.39, 0.29) is 17.4 Å². The number of hydrogen-bond donors (Lipinski definition) is 3. The van der Waals surface area contributed by atoms with E-state index in [1.165, 1.54) is 29.8 Å². The summed E-state index contributed by atoms with van der Waals surface area (Å²) in [5.74, 6) is -0.638. The van der Waals surface area contributed by atoms with Gasteiger partial charge in [-0.25, -0.2) is 0 Å². The predicted octanol–water partition coefficient (Wildman–Crippen LogP) is 3.82. The summed E-state index contributed by atoms with van der Waals surface area (Å²) < 4.78 is 41.0. The van der Waals surface area contributed by atoms with Crippen molar-refractivity contribution in [3.8, 4) is 5.75 Å². The maximum Gasteiger partial charge on any atom is 0.573 e. The molecule has 4 N–H and O–H groups in total. The molecule has 0 saturated carbocycles. The van der Waals surface area contributed by atoms with Crippen molar-refractivity contribution >= 4 is 16.8 Å². The van der Waals surface area contributed by atoms with E-state index in [2.05, 4.69) is 32.1 Å². The first-order valence-electron chi connectivity index (χ1n) is 10.4. The molecule has 0 spiro atoms. The highest BCUT2D eigenvalue weighted by Gasteiger charge is 2.31. The Bertz CT molecular complexity index is 1030. The van der Waals surface area contributed by atoms with Crippen LogP contribution in [0.5, 0.6) is 5.75 Å². The lowest BCUT2D eigenvalue weighted by atomic mass is 10.1. The predicted molar refractivity (Wildman–Crippen MR) is 117 cm³/mol. The molecule has 9 heteroatoms. The number of hydrogen-bond acceptors (Lipinski definition) is 4. The van der Waals surface area contributed by atoms with Crippen LogP contribution in [0.4, 0.5) is 13.2 Å². The number of alkyl halides is 3. The van der Waals surface area contributed by atoms with Crippen molar-refractivity contribution in [2.24, 2.45) is 5.73 Å². The number of benzene rings is 2. The Labute approximate surface area is 184 Å². The highest BCUT2D eigenvalue weighted by Crippen LogP contribution is 2.26. The SMILES string of the molecule is CN(CCCc1ccc(CN)cc1)CCNC(=O)c1cc2cc(OC(F)(F)F)ccc2[nH]1. The number of ether oxygens (including phenoxy) is 1. The molecular formula is C23H27F3N4O2. The van der Waals surface area contributed by atoms with Gasteiger partial charge in [-0.3, -0.25) is 4.79 Å². The van der Waals surface area contributed by atoms with Gasteiger partial charge in [-0.1, -0.05) is 24.3 Å². The second-order valence-corrected chi connectivity index (χ2v) is 7.66. The second-order valence-electron chi connectivity index (χ2n) is 7.66. The molecule has 0 radical (unpaired) electrons. The molecule has 1 aromatic heterocycles. The van der Waals surface area contributed by atoms with Gasteiger partial charge >= 0.3 is 6.36 Å². The Hall–Kier alpha value is -3.04. The lowest BCUT2D eigenvalue weighted by molar-refractivity contribution is -0.274. The number of nitrogens with zero attached hydrogens (tertiary/aromatic N) is 1. The van der Waals surface area contributed by atoms with E-state index in [0.717, 1.165) is 24.9 Å². The topological polar surface area (TPSA) is 83.4 Å². The fraction of sp³-hybridized carbons (Fsp3) is 0.348. The Morgan fingerprint density at radius 1 is 1.09 bits per heavy atom. The van der Waals surface area contributed by atoms with Crippen LogP contribution in [0, 0.1) is 0 Å². The van der Waals surface area contributed by atoms with E-state index in [1.807, 2.05) is 19.2 Å². The summed E-state index contributed by atoms with van der Waals surface area (Å²) in [5.41, 5.74) is 8.84. The van der Waals surface area contributed by atoms with Crippen molar-refractivity contribution in [3.05, 3.63) is 65.4 Å². The third-order valence-corrected chi connectivity index (χ3v) is 5.11. The summed E-state index contributed by atoms with van der Waals surface area (Å²) in [4.78, 5) is 17.4. The van der Waals surface area contributed by atoms with E-state index in [1.54, 1.807) is 0 Å². The van der Waals surface area contributed by atoms with E-state index in [4.69, 9.17) is 5.73 Å². The molecule has 3 aromatic rings. The van der Waals surface area contributed by atoms with Crippen LogP contribution in [0.15, 0.2) is 48.5 Å². The van der Waals surface area contributed by atoms with Crippen molar-refractivity contribution in [1.29, 1.82) is 0 Å². The number of aryl methyl sites for hydroxylation is 1. The van der Waals surface area contributed by atoms with Gasteiger partial charge < -0.3 is 25.7 Å². The van der Waals surface area contributed by atoms with Gasteiger partial charge in [0.2, 0.25) is 0 Å². The molecular weight excluding hydrogens is 421 g/mol. The van der Waals surface area contributed by atoms with E-state index in [9.17, 15) is 18.0 Å². The number of aromatic amines is 1. The van der Waals surface area contributed by atoms with Gasteiger partial charge in [0.15, 0.2) is 0 Å². The lowest BCUT2D eigenvalue weighted by Crippen LogP contribution is -2.33. The van der Waals surface area contributed by atoms with Crippen LogP contribution >= 0.6 is 0 Å². The van der Waals surface area contributed by atoms with Gasteiger partial charge in [0, 0.05) is 30.5 Å². The molecule has 172 valence electrons. The molecule has 0 aliphatic heterocycles. The maximum absolute atomic E-state index is 12.4. The van der Waals surface area contributed by atoms with Gasteiger partial charge in [0.1, 0.15) is 11.4 Å². The third kappa shape index (κ3) is 7.00. The number of carbonyl (C=O) groups excluding carboxylic acids is 1. The number of aromatic nitrogens is 1. The van der Waals surface area contributed by atoms with Crippen molar-refractivity contribution in [1.82, 2.24) is 15.2 Å². The van der Waals surface area contributed by atoms with Crippen molar-refractivity contribution in [2.75, 3.05) is 26.7 Å². The normalized spacial score (nSPS) is 11.8. The second kappa shape index (κ2) is 10.5. The van der Waals surface area contributed by atoms with Gasteiger partial charge in [-0.05, 0) is 61.8 Å². The van der Waals surface area contributed by atoms with E-state index >= 15 is 0 Å². The summed E-state index contributed by atoms with van der Waals surface area (Å²) >= 11 is 0. The van der Waals surface area contributed by atoms with Crippen LogP contribution in [-0.4, -0.2) is 48.8 Å². The van der Waals surface area contributed by atoms with Crippen molar-refractivity contribution < 1.29 is 22.7 Å². The molecule has 1 heterocycles. The minimum Gasteiger partial charge on any atom is -0.406 e. The Kier molecular flexibility index (Phi) is 7.76. The van der Waals surface area contributed by atoms with Gasteiger partial charge in [-0.15, -0.1) is 13.2 Å². The quantitative estimate of drug-likeness (QED) is 0.440. The largest absolute Gasteiger partial charge is 0.573 e. The number of nitrogens with one attached hydrogen (secondary N) is 2. The molecule has 0 bridgehead atoms. The van der Waals surface area contributed by atoms with Gasteiger partial charge in [-0.2, -0.15) is 0 Å². The van der Waals surface area contributed by atoms with Crippen LogP contribution in [-0.2, 0) is 13.0 Å². The molecule has 0 atom stereocenters. The average molecular weight is 448 g/mol. The Morgan fingerprint density at radius 2 is 1.81 bits per heavy atom. The summed E-state index contributed by atoms with van der Waals surface area (Å²) in [5, 5.41) is 3.30. The molecule has 0 aliphatic rings.